The molecule has 0 aromatic carbocycles. The molecular weight excluding hydrogens is 264 g/mol. The predicted octanol–water partition coefficient (Wildman–Crippen LogP) is 2.17. The van der Waals surface area contributed by atoms with Crippen LogP contribution in [-0.4, -0.2) is 42.6 Å². The van der Waals surface area contributed by atoms with Gasteiger partial charge in [0.25, 0.3) is 0 Å². The Morgan fingerprint density at radius 3 is 2.57 bits per heavy atom. The molecule has 1 aliphatic carbocycles. The second-order valence-corrected chi connectivity index (χ2v) is 8.66. The van der Waals surface area contributed by atoms with Crippen molar-refractivity contribution in [3.05, 3.63) is 0 Å². The lowest BCUT2D eigenvalue weighted by molar-refractivity contribution is -0.135. The molecule has 0 aromatic heterocycles. The summed E-state index contributed by atoms with van der Waals surface area (Å²) in [5.74, 6) is 0.487. The van der Waals surface area contributed by atoms with Crippen LogP contribution in [0, 0.1) is 16.7 Å². The van der Waals surface area contributed by atoms with E-state index < -0.39 is 0 Å². The molecule has 2 heterocycles. The molecule has 3 unspecified atom stereocenters. The number of carbonyl (C=O) groups excluding carboxylic acids is 1. The van der Waals surface area contributed by atoms with Crippen molar-refractivity contribution < 1.29 is 9.53 Å². The number of nitrogens with zero attached hydrogens (tertiary/aromatic N) is 1. The van der Waals surface area contributed by atoms with Gasteiger partial charge in [-0.2, -0.15) is 0 Å². The van der Waals surface area contributed by atoms with Crippen LogP contribution < -0.4 is 5.73 Å². The van der Waals surface area contributed by atoms with Gasteiger partial charge in [0.05, 0.1) is 6.04 Å². The smallest absolute Gasteiger partial charge is 0.240 e. The fourth-order valence-corrected chi connectivity index (χ4v) is 5.19. The fraction of sp³-hybridized carbons (Fsp3) is 0.941. The summed E-state index contributed by atoms with van der Waals surface area (Å²) in [6.07, 6.45) is 5.34. The van der Waals surface area contributed by atoms with E-state index in [4.69, 9.17) is 10.5 Å². The average Bonchev–Trinajstić information content (AvgIpc) is 2.67. The van der Waals surface area contributed by atoms with E-state index in [0.717, 1.165) is 45.4 Å². The summed E-state index contributed by atoms with van der Waals surface area (Å²) >= 11 is 0. The van der Waals surface area contributed by atoms with Crippen LogP contribution in [0.2, 0.25) is 0 Å². The Hall–Kier alpha value is -0.610. The number of rotatable bonds is 2. The minimum Gasteiger partial charge on any atom is -0.381 e. The third-order valence-corrected chi connectivity index (χ3v) is 5.76. The number of fused-ring (bicyclic) bond motifs is 2. The Morgan fingerprint density at radius 1 is 1.24 bits per heavy atom. The van der Waals surface area contributed by atoms with Crippen LogP contribution in [0.15, 0.2) is 0 Å². The predicted molar refractivity (Wildman–Crippen MR) is 82.8 cm³/mol. The van der Waals surface area contributed by atoms with E-state index in [-0.39, 0.29) is 17.4 Å². The van der Waals surface area contributed by atoms with Gasteiger partial charge >= 0.3 is 0 Å². The zero-order chi connectivity index (χ0) is 15.3. The molecule has 2 saturated heterocycles. The number of hydrogen-bond donors (Lipinski definition) is 1. The van der Waals surface area contributed by atoms with Gasteiger partial charge in [-0.3, -0.25) is 4.79 Å². The molecule has 4 heteroatoms. The van der Waals surface area contributed by atoms with E-state index in [1.165, 1.54) is 6.42 Å². The van der Waals surface area contributed by atoms with E-state index in [9.17, 15) is 4.79 Å². The van der Waals surface area contributed by atoms with Gasteiger partial charge < -0.3 is 15.4 Å². The lowest BCUT2D eigenvalue weighted by Crippen LogP contribution is -2.50. The highest BCUT2D eigenvalue weighted by Gasteiger charge is 2.51. The van der Waals surface area contributed by atoms with Gasteiger partial charge in [0.15, 0.2) is 0 Å². The summed E-state index contributed by atoms with van der Waals surface area (Å²) in [7, 11) is 0. The van der Waals surface area contributed by atoms with Crippen molar-refractivity contribution in [2.24, 2.45) is 22.5 Å². The van der Waals surface area contributed by atoms with Crippen molar-refractivity contribution in [1.29, 1.82) is 0 Å². The van der Waals surface area contributed by atoms with Crippen molar-refractivity contribution in [2.75, 3.05) is 19.8 Å². The van der Waals surface area contributed by atoms with Crippen LogP contribution in [-0.2, 0) is 9.53 Å². The first-order valence-corrected chi connectivity index (χ1v) is 8.44. The summed E-state index contributed by atoms with van der Waals surface area (Å²) in [4.78, 5) is 15.0. The summed E-state index contributed by atoms with van der Waals surface area (Å²) in [5.41, 5.74) is 6.95. The molecule has 3 aliphatic rings. The fourth-order valence-electron chi connectivity index (χ4n) is 5.19. The molecule has 2 aliphatic heterocycles. The monoisotopic (exact) mass is 294 g/mol. The lowest BCUT2D eigenvalue weighted by atomic mass is 9.65. The lowest BCUT2D eigenvalue weighted by Gasteiger charge is -2.39. The molecule has 3 fully saturated rings. The Labute approximate surface area is 128 Å². The standard InChI is InChI=1S/C17H30N2O2/c1-16(2)8-13-9-17(3,10-16)11-19(13)15(20)14(18)12-4-6-21-7-5-12/h12-14H,4-11,18H2,1-3H3. The molecule has 2 bridgehead atoms. The van der Waals surface area contributed by atoms with Gasteiger partial charge in [0.1, 0.15) is 0 Å². The van der Waals surface area contributed by atoms with Crippen molar-refractivity contribution in [3.8, 4) is 0 Å². The highest BCUT2D eigenvalue weighted by molar-refractivity contribution is 5.82. The van der Waals surface area contributed by atoms with Crippen molar-refractivity contribution in [1.82, 2.24) is 4.90 Å². The number of amides is 1. The minimum absolute atomic E-state index is 0.188. The minimum atomic E-state index is -0.333. The van der Waals surface area contributed by atoms with Gasteiger partial charge in [-0.1, -0.05) is 20.8 Å². The molecule has 0 aromatic rings. The molecule has 3 rings (SSSR count). The van der Waals surface area contributed by atoms with Crippen LogP contribution in [0.25, 0.3) is 0 Å². The van der Waals surface area contributed by atoms with Crippen LogP contribution in [0.4, 0.5) is 0 Å². The van der Waals surface area contributed by atoms with Crippen molar-refractivity contribution in [3.63, 3.8) is 0 Å². The van der Waals surface area contributed by atoms with E-state index in [2.05, 4.69) is 25.7 Å². The molecule has 21 heavy (non-hydrogen) atoms. The molecule has 0 radical (unpaired) electrons. The van der Waals surface area contributed by atoms with Crippen molar-refractivity contribution in [2.45, 2.75) is 65.0 Å². The van der Waals surface area contributed by atoms with Gasteiger partial charge in [0, 0.05) is 25.8 Å². The van der Waals surface area contributed by atoms with E-state index in [1.807, 2.05) is 0 Å². The summed E-state index contributed by atoms with van der Waals surface area (Å²) in [6, 6.07) is 0.0668. The molecule has 120 valence electrons. The number of ether oxygens (including phenoxy) is 1. The largest absolute Gasteiger partial charge is 0.381 e. The third-order valence-electron chi connectivity index (χ3n) is 5.76. The van der Waals surface area contributed by atoms with Gasteiger partial charge in [0.2, 0.25) is 5.91 Å². The number of hydrogen-bond acceptors (Lipinski definition) is 3. The molecule has 3 atom stereocenters. The second-order valence-electron chi connectivity index (χ2n) is 8.66. The van der Waals surface area contributed by atoms with E-state index in [1.54, 1.807) is 0 Å². The Balaban J connectivity index is 1.70. The van der Waals surface area contributed by atoms with E-state index >= 15 is 0 Å². The van der Waals surface area contributed by atoms with Gasteiger partial charge in [-0.05, 0) is 48.9 Å². The number of nitrogens with two attached hydrogens (primary N) is 1. The Bertz CT molecular complexity index is 417. The van der Waals surface area contributed by atoms with Gasteiger partial charge in [-0.15, -0.1) is 0 Å². The molecular formula is C17H30N2O2. The quantitative estimate of drug-likeness (QED) is 0.849. The van der Waals surface area contributed by atoms with Crippen LogP contribution in [0.1, 0.15) is 52.9 Å². The van der Waals surface area contributed by atoms with Crippen molar-refractivity contribution >= 4 is 5.91 Å². The highest BCUT2D eigenvalue weighted by Crippen LogP contribution is 2.52. The summed E-state index contributed by atoms with van der Waals surface area (Å²) in [6.45, 7) is 9.41. The van der Waals surface area contributed by atoms with Crippen LogP contribution in [0.5, 0.6) is 0 Å². The Kier molecular flexibility index (Phi) is 3.81. The first kappa shape index (κ1) is 15.3. The first-order valence-electron chi connectivity index (χ1n) is 8.44. The third kappa shape index (κ3) is 2.98. The molecule has 1 saturated carbocycles. The van der Waals surface area contributed by atoms with E-state index in [0.29, 0.717) is 17.4 Å². The summed E-state index contributed by atoms with van der Waals surface area (Å²) in [5, 5.41) is 0. The van der Waals surface area contributed by atoms with Gasteiger partial charge in [-0.25, -0.2) is 0 Å². The average molecular weight is 294 g/mol. The zero-order valence-electron chi connectivity index (χ0n) is 13.7. The molecule has 4 nitrogen and oxygen atoms in total. The zero-order valence-corrected chi connectivity index (χ0v) is 13.7. The second kappa shape index (κ2) is 5.24. The van der Waals surface area contributed by atoms with Crippen LogP contribution in [0.3, 0.4) is 0 Å². The topological polar surface area (TPSA) is 55.6 Å². The number of likely N-dealkylation sites (tertiary alicyclic amines) is 1. The highest BCUT2D eigenvalue weighted by atomic mass is 16.5. The number of carbonyl (C=O) groups is 1. The maximum Gasteiger partial charge on any atom is 0.240 e. The Morgan fingerprint density at radius 2 is 1.90 bits per heavy atom. The SMILES string of the molecule is CC1(C)CC2CC(C)(CN2C(=O)C(N)C2CCOCC2)C1. The summed E-state index contributed by atoms with van der Waals surface area (Å²) < 4.78 is 5.39. The molecule has 2 N–H and O–H groups in total. The molecule has 1 amide bonds. The van der Waals surface area contributed by atoms with Crippen LogP contribution >= 0.6 is 0 Å². The first-order chi connectivity index (χ1) is 9.80. The maximum absolute atomic E-state index is 12.9. The normalized spacial score (nSPS) is 37.5. The maximum atomic E-state index is 12.9. The molecule has 0 spiro atoms.